The van der Waals surface area contributed by atoms with Crippen LogP contribution in [0.15, 0.2) is 23.1 Å². The Balaban J connectivity index is 1.59. The molecule has 0 aliphatic heterocycles. The minimum Gasteiger partial charge on any atom is -0.359 e. The molecular formula is C16H23N3OS. The van der Waals surface area contributed by atoms with Crippen LogP contribution in [0.4, 0.5) is 5.69 Å². The number of hydrogen-bond acceptors (Lipinski definition) is 2. The second kappa shape index (κ2) is 6.18. The molecule has 114 valence electrons. The number of pyridine rings is 1. The Morgan fingerprint density at radius 1 is 1.38 bits per heavy atom. The molecule has 3 atom stereocenters. The lowest BCUT2D eigenvalue weighted by molar-refractivity contribution is 0.392. The lowest BCUT2D eigenvalue weighted by atomic mass is 9.96. The summed E-state index contributed by atoms with van der Waals surface area (Å²) in [6.45, 7) is 2.80. The van der Waals surface area contributed by atoms with Gasteiger partial charge in [-0.1, -0.05) is 13.3 Å². The first-order valence-electron chi connectivity index (χ1n) is 7.93. The fourth-order valence-corrected chi connectivity index (χ4v) is 4.05. The van der Waals surface area contributed by atoms with Crippen LogP contribution in [-0.4, -0.2) is 15.7 Å². The number of thiocarbonyl (C=S) groups is 1. The van der Waals surface area contributed by atoms with Crippen molar-refractivity contribution < 1.29 is 0 Å². The summed E-state index contributed by atoms with van der Waals surface area (Å²) < 4.78 is 1.72. The third kappa shape index (κ3) is 3.28. The monoisotopic (exact) mass is 305 g/mol. The van der Waals surface area contributed by atoms with E-state index in [1.54, 1.807) is 16.7 Å². The van der Waals surface area contributed by atoms with Crippen LogP contribution < -0.4 is 16.2 Å². The van der Waals surface area contributed by atoms with Gasteiger partial charge in [0.1, 0.15) is 0 Å². The van der Waals surface area contributed by atoms with Crippen molar-refractivity contribution in [3.05, 3.63) is 28.7 Å². The lowest BCUT2D eigenvalue weighted by Crippen LogP contribution is -2.41. The van der Waals surface area contributed by atoms with Crippen LogP contribution >= 0.6 is 12.2 Å². The van der Waals surface area contributed by atoms with Crippen molar-refractivity contribution >= 4 is 23.0 Å². The molecule has 2 bridgehead atoms. The first-order valence-corrected chi connectivity index (χ1v) is 8.34. The molecule has 1 aromatic heterocycles. The van der Waals surface area contributed by atoms with Gasteiger partial charge in [0.25, 0.3) is 5.56 Å². The molecule has 0 amide bonds. The van der Waals surface area contributed by atoms with E-state index in [2.05, 4.69) is 17.6 Å². The third-order valence-corrected chi connectivity index (χ3v) is 4.98. The van der Waals surface area contributed by atoms with Crippen LogP contribution in [-0.2, 0) is 6.54 Å². The zero-order chi connectivity index (χ0) is 14.8. The number of anilines is 1. The number of fused-ring (bicyclic) bond motifs is 2. The van der Waals surface area contributed by atoms with E-state index in [0.717, 1.165) is 30.5 Å². The van der Waals surface area contributed by atoms with Crippen molar-refractivity contribution in [2.75, 3.05) is 5.32 Å². The van der Waals surface area contributed by atoms with Gasteiger partial charge in [0.05, 0.1) is 5.69 Å². The second-order valence-corrected chi connectivity index (χ2v) is 6.74. The normalized spacial score (nSPS) is 26.8. The Labute approximate surface area is 130 Å². The Morgan fingerprint density at radius 3 is 2.90 bits per heavy atom. The Hall–Kier alpha value is -1.36. The Morgan fingerprint density at radius 2 is 2.24 bits per heavy atom. The standard InChI is InChI=1S/C16H23N3OS/c1-2-7-19-10-13(5-6-15(19)20)17-16(21)18-14-9-11-3-4-12(14)8-11/h5-6,10-12,14H,2-4,7-9H2,1H3,(H2,17,18,21). The maximum Gasteiger partial charge on any atom is 0.250 e. The van der Waals surface area contributed by atoms with Crippen molar-refractivity contribution in [1.29, 1.82) is 0 Å². The SMILES string of the molecule is CCCn1cc(NC(=S)NC2CC3CCC2C3)ccc1=O. The number of nitrogens with zero attached hydrogens (tertiary/aromatic N) is 1. The van der Waals surface area contributed by atoms with Crippen LogP contribution in [0, 0.1) is 11.8 Å². The summed E-state index contributed by atoms with van der Waals surface area (Å²) in [5, 5.41) is 7.35. The molecule has 2 fully saturated rings. The maximum atomic E-state index is 11.7. The van der Waals surface area contributed by atoms with E-state index >= 15 is 0 Å². The average molecular weight is 305 g/mol. The summed E-state index contributed by atoms with van der Waals surface area (Å²) in [6, 6.07) is 3.92. The highest BCUT2D eigenvalue weighted by Gasteiger charge is 2.39. The number of aryl methyl sites for hydroxylation is 1. The van der Waals surface area contributed by atoms with Crippen LogP contribution in [0.1, 0.15) is 39.0 Å². The summed E-state index contributed by atoms with van der Waals surface area (Å²) in [5.41, 5.74) is 0.915. The molecule has 5 heteroatoms. The van der Waals surface area contributed by atoms with Gasteiger partial charge in [-0.15, -0.1) is 0 Å². The van der Waals surface area contributed by atoms with Crippen molar-refractivity contribution in [2.24, 2.45) is 11.8 Å². The molecule has 1 heterocycles. The van der Waals surface area contributed by atoms with Crippen molar-refractivity contribution in [3.63, 3.8) is 0 Å². The van der Waals surface area contributed by atoms with Gasteiger partial charge in [-0.2, -0.15) is 0 Å². The van der Waals surface area contributed by atoms with Crippen LogP contribution in [0.5, 0.6) is 0 Å². The van der Waals surface area contributed by atoms with E-state index in [1.165, 1.54) is 25.7 Å². The summed E-state index contributed by atoms with van der Waals surface area (Å²) in [7, 11) is 0. The largest absolute Gasteiger partial charge is 0.359 e. The maximum absolute atomic E-state index is 11.7. The van der Waals surface area contributed by atoms with E-state index in [-0.39, 0.29) is 5.56 Å². The third-order valence-electron chi connectivity index (χ3n) is 4.76. The zero-order valence-electron chi connectivity index (χ0n) is 12.5. The minimum absolute atomic E-state index is 0.0365. The molecule has 1 aromatic rings. The van der Waals surface area contributed by atoms with Gasteiger partial charge in [-0.05, 0) is 55.8 Å². The summed E-state index contributed by atoms with van der Waals surface area (Å²) in [4.78, 5) is 11.7. The highest BCUT2D eigenvalue weighted by Crippen LogP contribution is 2.44. The molecule has 3 unspecified atom stereocenters. The molecule has 4 nitrogen and oxygen atoms in total. The molecule has 21 heavy (non-hydrogen) atoms. The fraction of sp³-hybridized carbons (Fsp3) is 0.625. The van der Waals surface area contributed by atoms with Gasteiger partial charge in [0.2, 0.25) is 0 Å². The Kier molecular flexibility index (Phi) is 4.29. The summed E-state index contributed by atoms with van der Waals surface area (Å²) in [6.07, 6.45) is 8.14. The molecule has 3 rings (SSSR count). The number of rotatable bonds is 4. The molecule has 2 aliphatic carbocycles. The summed E-state index contributed by atoms with van der Waals surface area (Å²) in [5.74, 6) is 1.70. The first-order chi connectivity index (χ1) is 10.2. The Bertz CT molecular complexity index is 583. The molecule has 0 aromatic carbocycles. The number of hydrogen-bond donors (Lipinski definition) is 2. The van der Waals surface area contributed by atoms with Gasteiger partial charge in [0.15, 0.2) is 5.11 Å². The fourth-order valence-electron chi connectivity index (χ4n) is 3.78. The van der Waals surface area contributed by atoms with Gasteiger partial charge in [-0.25, -0.2) is 0 Å². The lowest BCUT2D eigenvalue weighted by Gasteiger charge is -2.24. The van der Waals surface area contributed by atoms with Crippen molar-refractivity contribution in [1.82, 2.24) is 9.88 Å². The van der Waals surface area contributed by atoms with E-state index in [4.69, 9.17) is 12.2 Å². The first kappa shape index (κ1) is 14.6. The molecule has 0 spiro atoms. The van der Waals surface area contributed by atoms with Gasteiger partial charge in [0, 0.05) is 24.8 Å². The predicted octanol–water partition coefficient (Wildman–Crippen LogP) is 2.73. The molecule has 0 saturated heterocycles. The van der Waals surface area contributed by atoms with E-state index in [1.807, 2.05) is 6.20 Å². The van der Waals surface area contributed by atoms with Gasteiger partial charge < -0.3 is 15.2 Å². The molecule has 2 aliphatic rings. The molecular weight excluding hydrogens is 282 g/mol. The number of nitrogens with one attached hydrogen (secondary N) is 2. The van der Waals surface area contributed by atoms with E-state index in [9.17, 15) is 4.79 Å². The highest BCUT2D eigenvalue weighted by atomic mass is 32.1. The van der Waals surface area contributed by atoms with E-state index in [0.29, 0.717) is 11.2 Å². The molecule has 2 N–H and O–H groups in total. The number of aromatic nitrogens is 1. The molecule has 0 radical (unpaired) electrons. The zero-order valence-corrected chi connectivity index (χ0v) is 13.3. The quantitative estimate of drug-likeness (QED) is 0.840. The van der Waals surface area contributed by atoms with Crippen LogP contribution in [0.25, 0.3) is 0 Å². The topological polar surface area (TPSA) is 46.1 Å². The highest BCUT2D eigenvalue weighted by molar-refractivity contribution is 7.80. The van der Waals surface area contributed by atoms with E-state index < -0.39 is 0 Å². The molecule has 2 saturated carbocycles. The van der Waals surface area contributed by atoms with Crippen molar-refractivity contribution in [3.8, 4) is 0 Å². The average Bonchev–Trinajstić information content (AvgIpc) is 3.05. The smallest absolute Gasteiger partial charge is 0.250 e. The van der Waals surface area contributed by atoms with Crippen molar-refractivity contribution in [2.45, 2.75) is 51.6 Å². The second-order valence-electron chi connectivity index (χ2n) is 6.33. The van der Waals surface area contributed by atoms with Crippen LogP contribution in [0.2, 0.25) is 0 Å². The minimum atomic E-state index is 0.0365. The predicted molar refractivity (Wildman–Crippen MR) is 89.6 cm³/mol. The summed E-state index contributed by atoms with van der Waals surface area (Å²) >= 11 is 5.42. The van der Waals surface area contributed by atoms with Gasteiger partial charge >= 0.3 is 0 Å². The van der Waals surface area contributed by atoms with Crippen LogP contribution in [0.3, 0.4) is 0 Å². The van der Waals surface area contributed by atoms with Gasteiger partial charge in [-0.3, -0.25) is 4.79 Å².